The van der Waals surface area contributed by atoms with Crippen molar-refractivity contribution in [2.75, 3.05) is 5.75 Å². The number of fused-ring (bicyclic) bond motifs is 1. The van der Waals surface area contributed by atoms with Gasteiger partial charge in [-0.25, -0.2) is 0 Å². The van der Waals surface area contributed by atoms with E-state index in [1.807, 2.05) is 23.1 Å². The van der Waals surface area contributed by atoms with Gasteiger partial charge in [-0.1, -0.05) is 0 Å². The van der Waals surface area contributed by atoms with E-state index in [1.165, 1.54) is 27.3 Å². The quantitative estimate of drug-likeness (QED) is 0.662. The van der Waals surface area contributed by atoms with Crippen LogP contribution in [0.25, 0.3) is 0 Å². The molecule has 0 fully saturated rings. The van der Waals surface area contributed by atoms with Gasteiger partial charge in [0, 0.05) is 9.77 Å². The van der Waals surface area contributed by atoms with Gasteiger partial charge in [-0.2, -0.15) is 0 Å². The Morgan fingerprint density at radius 3 is 3.20 bits per heavy atom. The number of hydrogen-bond acceptors (Lipinski definition) is 2. The molecule has 0 nitrogen and oxygen atoms in total. The molecule has 0 amide bonds. The minimum atomic E-state index is 1.28. The second-order valence-corrected chi connectivity index (χ2v) is 5.94. The number of halogens is 1. The van der Waals surface area contributed by atoms with E-state index in [1.54, 1.807) is 4.88 Å². The lowest BCUT2D eigenvalue weighted by molar-refractivity contribution is 0.915. The molecule has 0 aliphatic carbocycles. The van der Waals surface area contributed by atoms with Crippen LogP contribution in [0.5, 0.6) is 0 Å². The summed E-state index contributed by atoms with van der Waals surface area (Å²) in [7, 11) is 0. The van der Waals surface area contributed by atoms with Crippen molar-refractivity contribution < 1.29 is 0 Å². The fourth-order valence-electron chi connectivity index (χ4n) is 1.09. The van der Waals surface area contributed by atoms with Crippen LogP contribution in [-0.4, -0.2) is 5.75 Å². The fourth-order valence-corrected chi connectivity index (χ4v) is 4.23. The Balaban J connectivity index is 2.41. The highest BCUT2D eigenvalue weighted by Gasteiger charge is 2.12. The average Bonchev–Trinajstić information content (AvgIpc) is 2.27. The van der Waals surface area contributed by atoms with Crippen LogP contribution in [0.15, 0.2) is 14.7 Å². The monoisotopic (exact) mass is 234 g/mol. The van der Waals surface area contributed by atoms with Crippen molar-refractivity contribution in [3.8, 4) is 0 Å². The zero-order valence-corrected chi connectivity index (χ0v) is 8.61. The lowest BCUT2D eigenvalue weighted by atomic mass is 10.3. The maximum absolute atomic E-state index is 3.50. The molecule has 2 heterocycles. The van der Waals surface area contributed by atoms with E-state index in [4.69, 9.17) is 0 Å². The van der Waals surface area contributed by atoms with Crippen LogP contribution in [0.3, 0.4) is 0 Å². The summed E-state index contributed by atoms with van der Waals surface area (Å²) in [4.78, 5) is 3.08. The van der Waals surface area contributed by atoms with Gasteiger partial charge in [0.2, 0.25) is 0 Å². The van der Waals surface area contributed by atoms with E-state index in [9.17, 15) is 0 Å². The van der Waals surface area contributed by atoms with Crippen LogP contribution in [0.4, 0.5) is 0 Å². The molecule has 0 atom stereocenters. The molecule has 1 aliphatic rings. The van der Waals surface area contributed by atoms with E-state index in [2.05, 4.69) is 22.0 Å². The van der Waals surface area contributed by atoms with Crippen molar-refractivity contribution in [1.29, 1.82) is 0 Å². The first kappa shape index (κ1) is 7.19. The van der Waals surface area contributed by atoms with E-state index in [0.717, 1.165) is 0 Å². The van der Waals surface area contributed by atoms with Crippen LogP contribution in [0, 0.1) is 0 Å². The van der Waals surface area contributed by atoms with Gasteiger partial charge in [-0.15, -0.1) is 23.1 Å². The summed E-state index contributed by atoms with van der Waals surface area (Å²) in [5, 5.41) is 0. The highest BCUT2D eigenvalue weighted by atomic mass is 79.9. The summed E-state index contributed by atoms with van der Waals surface area (Å²) < 4.78 is 1.28. The number of thioether (sulfide) groups is 1. The third-order valence-electron chi connectivity index (χ3n) is 1.55. The van der Waals surface area contributed by atoms with E-state index in [0.29, 0.717) is 0 Å². The lowest BCUT2D eigenvalue weighted by Gasteiger charge is -2.07. The van der Waals surface area contributed by atoms with Gasteiger partial charge < -0.3 is 0 Å². The zero-order chi connectivity index (χ0) is 6.97. The maximum atomic E-state index is 3.50. The molecule has 1 aromatic heterocycles. The Bertz CT molecular complexity index is 218. The highest BCUT2D eigenvalue weighted by Crippen LogP contribution is 2.38. The summed E-state index contributed by atoms with van der Waals surface area (Å²) in [5.41, 5.74) is 0. The number of hydrogen-bond donors (Lipinski definition) is 0. The van der Waals surface area contributed by atoms with Gasteiger partial charge in [0.05, 0.1) is 3.79 Å². The first-order chi connectivity index (χ1) is 4.86. The molecule has 10 heavy (non-hydrogen) atoms. The lowest BCUT2D eigenvalue weighted by Crippen LogP contribution is -1.92. The van der Waals surface area contributed by atoms with Gasteiger partial charge in [-0.3, -0.25) is 0 Å². The molecule has 0 spiro atoms. The SMILES string of the molecule is Brc1cc2c(s1)CCCS2. The molecule has 54 valence electrons. The van der Waals surface area contributed by atoms with Crippen LogP contribution >= 0.6 is 39.0 Å². The van der Waals surface area contributed by atoms with Crippen molar-refractivity contribution in [2.45, 2.75) is 17.7 Å². The minimum absolute atomic E-state index is 1.28. The molecule has 0 saturated carbocycles. The molecule has 0 unspecified atom stereocenters. The molecule has 1 aliphatic heterocycles. The molecule has 0 bridgehead atoms. The van der Waals surface area contributed by atoms with Gasteiger partial charge in [0.1, 0.15) is 0 Å². The Morgan fingerprint density at radius 1 is 1.50 bits per heavy atom. The standard InChI is InChI=1S/C7H7BrS2/c8-7-4-6-5(10-7)2-1-3-9-6/h4H,1-3H2. The van der Waals surface area contributed by atoms with Crippen molar-refractivity contribution in [3.05, 3.63) is 14.7 Å². The molecule has 0 N–H and O–H groups in total. The normalized spacial score (nSPS) is 16.9. The molecule has 1 aromatic rings. The molecule has 2 rings (SSSR count). The number of thiophene rings is 1. The molecule has 0 radical (unpaired) electrons. The molecule has 0 aromatic carbocycles. The second kappa shape index (κ2) is 2.88. The van der Waals surface area contributed by atoms with E-state index in [-0.39, 0.29) is 0 Å². The summed E-state index contributed by atoms with van der Waals surface area (Å²) in [5.74, 6) is 1.30. The minimum Gasteiger partial charge on any atom is -0.132 e. The first-order valence-electron chi connectivity index (χ1n) is 3.27. The number of aryl methyl sites for hydroxylation is 1. The summed E-state index contributed by atoms with van der Waals surface area (Å²) in [6, 6.07) is 2.24. The van der Waals surface area contributed by atoms with Crippen LogP contribution in [0.1, 0.15) is 11.3 Å². The van der Waals surface area contributed by atoms with Crippen LogP contribution in [-0.2, 0) is 6.42 Å². The van der Waals surface area contributed by atoms with Crippen molar-refractivity contribution in [3.63, 3.8) is 0 Å². The Morgan fingerprint density at radius 2 is 2.40 bits per heavy atom. The largest absolute Gasteiger partial charge is 0.132 e. The molecule has 3 heteroatoms. The predicted octanol–water partition coefficient (Wildman–Crippen LogP) is 3.55. The van der Waals surface area contributed by atoms with Crippen molar-refractivity contribution in [1.82, 2.24) is 0 Å². The third-order valence-corrected chi connectivity index (χ3v) is 4.54. The summed E-state index contributed by atoms with van der Waals surface area (Å²) in [6.45, 7) is 0. The van der Waals surface area contributed by atoms with E-state index >= 15 is 0 Å². The predicted molar refractivity (Wildman–Crippen MR) is 51.1 cm³/mol. The average molecular weight is 235 g/mol. The molecular weight excluding hydrogens is 228 g/mol. The van der Waals surface area contributed by atoms with Gasteiger partial charge in [-0.05, 0) is 40.6 Å². The van der Waals surface area contributed by atoms with Crippen molar-refractivity contribution >= 4 is 39.0 Å². The second-order valence-electron chi connectivity index (χ2n) is 2.29. The van der Waals surface area contributed by atoms with Crippen LogP contribution in [0.2, 0.25) is 0 Å². The van der Waals surface area contributed by atoms with Crippen molar-refractivity contribution in [2.24, 2.45) is 0 Å². The summed E-state index contributed by atoms with van der Waals surface area (Å²) in [6.07, 6.45) is 2.64. The third kappa shape index (κ3) is 1.27. The maximum Gasteiger partial charge on any atom is 0.0712 e. The smallest absolute Gasteiger partial charge is 0.0712 e. The highest BCUT2D eigenvalue weighted by molar-refractivity contribution is 9.11. The molecular formula is C7H7BrS2. The van der Waals surface area contributed by atoms with Crippen LogP contribution < -0.4 is 0 Å². The van der Waals surface area contributed by atoms with Gasteiger partial charge >= 0.3 is 0 Å². The Labute approximate surface area is 77.2 Å². The van der Waals surface area contributed by atoms with E-state index < -0.39 is 0 Å². The fraction of sp³-hybridized carbons (Fsp3) is 0.429. The van der Waals surface area contributed by atoms with Gasteiger partial charge in [0.15, 0.2) is 0 Å². The zero-order valence-electron chi connectivity index (χ0n) is 5.39. The molecule has 0 saturated heterocycles. The number of rotatable bonds is 0. The topological polar surface area (TPSA) is 0 Å². The Hall–Kier alpha value is 0.530. The Kier molecular flexibility index (Phi) is 2.07. The summed E-state index contributed by atoms with van der Waals surface area (Å²) >= 11 is 7.37. The van der Waals surface area contributed by atoms with Gasteiger partial charge in [0.25, 0.3) is 0 Å². The first-order valence-corrected chi connectivity index (χ1v) is 5.87.